The summed E-state index contributed by atoms with van der Waals surface area (Å²) in [7, 11) is 4.74. The number of thioether (sulfide) groups is 1. The highest BCUT2D eigenvalue weighted by Gasteiger charge is 2.23. The van der Waals surface area contributed by atoms with Gasteiger partial charge in [0.2, 0.25) is 10.9 Å². The highest BCUT2D eigenvalue weighted by Crippen LogP contribution is 2.41. The van der Waals surface area contributed by atoms with Gasteiger partial charge in [-0.1, -0.05) is 45.9 Å². The van der Waals surface area contributed by atoms with Gasteiger partial charge in [0.15, 0.2) is 17.3 Å². The zero-order valence-electron chi connectivity index (χ0n) is 15.5. The number of rotatable bonds is 5. The second kappa shape index (κ2) is 7.84. The maximum atomic E-state index is 5.46. The van der Waals surface area contributed by atoms with Crippen molar-refractivity contribution >= 4 is 33.4 Å². The van der Waals surface area contributed by atoms with Crippen molar-refractivity contribution in [2.45, 2.75) is 5.16 Å². The molecule has 4 rings (SSSR count). The van der Waals surface area contributed by atoms with Crippen LogP contribution in [0.15, 0.2) is 51.1 Å². The Morgan fingerprint density at radius 3 is 2.36 bits per heavy atom. The number of halogens is 1. The Balaban J connectivity index is 1.84. The summed E-state index contributed by atoms with van der Waals surface area (Å²) in [4.78, 5) is 0. The first kappa shape index (κ1) is 18.8. The monoisotopic (exact) mass is 460 g/mol. The van der Waals surface area contributed by atoms with Gasteiger partial charge in [-0.05, 0) is 18.2 Å². The van der Waals surface area contributed by atoms with Crippen LogP contribution in [0.4, 0.5) is 0 Å². The molecule has 3 aromatic rings. The fourth-order valence-corrected chi connectivity index (χ4v) is 4.29. The van der Waals surface area contributed by atoms with Gasteiger partial charge in [-0.25, -0.2) is 0 Å². The van der Waals surface area contributed by atoms with Gasteiger partial charge in [0.25, 0.3) is 0 Å². The van der Waals surface area contributed by atoms with Gasteiger partial charge in [0.05, 0.1) is 27.0 Å². The van der Waals surface area contributed by atoms with Crippen molar-refractivity contribution in [1.29, 1.82) is 0 Å². The number of ether oxygens (including phenoxy) is 3. The third-order valence-electron chi connectivity index (χ3n) is 4.28. The number of aromatic nitrogens is 3. The third-order valence-corrected chi connectivity index (χ3v) is 5.90. The number of hydrogen-bond acceptors (Lipinski definition) is 7. The Kier molecular flexibility index (Phi) is 5.27. The molecule has 0 amide bonds. The van der Waals surface area contributed by atoms with Crippen LogP contribution in [0.3, 0.4) is 0 Å². The minimum Gasteiger partial charge on any atom is -0.493 e. The highest BCUT2D eigenvalue weighted by molar-refractivity contribution is 9.10. The van der Waals surface area contributed by atoms with E-state index in [1.54, 1.807) is 37.8 Å². The quantitative estimate of drug-likeness (QED) is 0.570. The van der Waals surface area contributed by atoms with Crippen LogP contribution in [0.5, 0.6) is 17.2 Å². The molecule has 0 bridgehead atoms. The molecule has 0 N–H and O–H groups in total. The van der Waals surface area contributed by atoms with Crippen molar-refractivity contribution in [3.63, 3.8) is 0 Å². The molecule has 28 heavy (non-hydrogen) atoms. The summed E-state index contributed by atoms with van der Waals surface area (Å²) in [6.45, 7) is 0. The number of hydrogen-bond donors (Lipinski definition) is 0. The van der Waals surface area contributed by atoms with E-state index < -0.39 is 0 Å². The summed E-state index contributed by atoms with van der Waals surface area (Å²) in [6.07, 6.45) is 0. The molecule has 0 saturated carbocycles. The number of methoxy groups -OCH3 is 3. The summed E-state index contributed by atoms with van der Waals surface area (Å²) in [5, 5.41) is 14.2. The summed E-state index contributed by atoms with van der Waals surface area (Å²) in [5.41, 5.74) is 2.76. The van der Waals surface area contributed by atoms with Crippen molar-refractivity contribution in [2.75, 3.05) is 27.1 Å². The van der Waals surface area contributed by atoms with Crippen LogP contribution in [0.2, 0.25) is 0 Å². The van der Waals surface area contributed by atoms with Gasteiger partial charge in [-0.3, -0.25) is 0 Å². The maximum absolute atomic E-state index is 5.46. The number of nitrogens with zero attached hydrogens (tertiary/aromatic N) is 4. The molecule has 0 saturated heterocycles. The Hall–Kier alpha value is -2.52. The second-order valence-corrected chi connectivity index (χ2v) is 7.64. The van der Waals surface area contributed by atoms with Crippen molar-refractivity contribution < 1.29 is 14.2 Å². The summed E-state index contributed by atoms with van der Waals surface area (Å²) >= 11 is 5.20. The zero-order valence-corrected chi connectivity index (χ0v) is 17.9. The summed E-state index contributed by atoms with van der Waals surface area (Å²) in [5.74, 6) is 2.95. The van der Waals surface area contributed by atoms with Gasteiger partial charge < -0.3 is 14.2 Å². The molecule has 0 unspecified atom stereocenters. The fraction of sp³-hybridized carbons (Fsp3) is 0.211. The number of benzene rings is 2. The van der Waals surface area contributed by atoms with Crippen molar-refractivity contribution in [1.82, 2.24) is 14.9 Å². The van der Waals surface area contributed by atoms with E-state index in [9.17, 15) is 0 Å². The lowest BCUT2D eigenvalue weighted by molar-refractivity contribution is 0.324. The van der Waals surface area contributed by atoms with Crippen LogP contribution >= 0.6 is 27.7 Å². The van der Waals surface area contributed by atoms with Gasteiger partial charge in [0.1, 0.15) is 0 Å². The molecule has 1 aliphatic rings. The first-order chi connectivity index (χ1) is 13.7. The highest BCUT2D eigenvalue weighted by atomic mass is 79.9. The van der Waals surface area contributed by atoms with Crippen LogP contribution in [-0.2, 0) is 0 Å². The molecule has 2 heterocycles. The smallest absolute Gasteiger partial charge is 0.212 e. The molecule has 2 aromatic carbocycles. The predicted octanol–water partition coefficient (Wildman–Crippen LogP) is 4.09. The lowest BCUT2D eigenvalue weighted by Gasteiger charge is -2.16. The molecule has 0 atom stereocenters. The van der Waals surface area contributed by atoms with Crippen LogP contribution in [0.1, 0.15) is 5.56 Å². The molecule has 0 spiro atoms. The average Bonchev–Trinajstić information content (AvgIpc) is 3.16. The molecule has 1 aromatic heterocycles. The maximum Gasteiger partial charge on any atom is 0.212 e. The van der Waals surface area contributed by atoms with E-state index in [0.717, 1.165) is 32.2 Å². The van der Waals surface area contributed by atoms with Gasteiger partial charge in [-0.2, -0.15) is 9.78 Å². The SMILES string of the molecule is COc1cc(-c2nnc3n2N=C(c2ccccc2Br)CS3)cc(OC)c1OC. The van der Waals surface area contributed by atoms with E-state index in [2.05, 4.69) is 26.1 Å². The molecule has 1 aliphatic heterocycles. The number of fused-ring (bicyclic) bond motifs is 1. The Morgan fingerprint density at radius 2 is 1.71 bits per heavy atom. The third kappa shape index (κ3) is 3.24. The average molecular weight is 461 g/mol. The lowest BCUT2D eigenvalue weighted by atomic mass is 10.1. The fourth-order valence-electron chi connectivity index (χ4n) is 2.95. The summed E-state index contributed by atoms with van der Waals surface area (Å²) in [6, 6.07) is 11.7. The van der Waals surface area contributed by atoms with Gasteiger partial charge in [-0.15, -0.1) is 10.2 Å². The standard InChI is InChI=1S/C19H17BrN4O3S/c1-25-15-8-11(9-16(26-2)17(15)27-3)18-21-22-19-24(18)23-14(10-28-19)12-6-4-5-7-13(12)20/h4-9H,10H2,1-3H3. The van der Waals surface area contributed by atoms with E-state index in [1.165, 1.54) is 0 Å². The second-order valence-electron chi connectivity index (χ2n) is 5.85. The molecule has 9 heteroatoms. The van der Waals surface area contributed by atoms with Crippen molar-refractivity contribution in [3.05, 3.63) is 46.4 Å². The van der Waals surface area contributed by atoms with Crippen molar-refractivity contribution in [3.8, 4) is 28.6 Å². The van der Waals surface area contributed by atoms with Gasteiger partial charge >= 0.3 is 0 Å². The van der Waals surface area contributed by atoms with Crippen LogP contribution in [0.25, 0.3) is 11.4 Å². The van der Waals surface area contributed by atoms with Crippen LogP contribution < -0.4 is 14.2 Å². The first-order valence-corrected chi connectivity index (χ1v) is 10.2. The summed E-state index contributed by atoms with van der Waals surface area (Å²) < 4.78 is 19.1. The largest absolute Gasteiger partial charge is 0.493 e. The first-order valence-electron chi connectivity index (χ1n) is 8.37. The minimum atomic E-state index is 0.527. The molecule has 0 fully saturated rings. The Morgan fingerprint density at radius 1 is 1.00 bits per heavy atom. The van der Waals surface area contributed by atoms with E-state index >= 15 is 0 Å². The molecule has 144 valence electrons. The van der Waals surface area contributed by atoms with E-state index in [4.69, 9.17) is 19.3 Å². The Labute approximate surface area is 174 Å². The topological polar surface area (TPSA) is 70.8 Å². The molecular weight excluding hydrogens is 444 g/mol. The lowest BCUT2D eigenvalue weighted by Crippen LogP contribution is -2.14. The van der Waals surface area contributed by atoms with E-state index in [0.29, 0.717) is 23.1 Å². The normalized spacial score (nSPS) is 12.9. The molecule has 0 radical (unpaired) electrons. The van der Waals surface area contributed by atoms with Gasteiger partial charge in [0, 0.05) is 21.4 Å². The minimum absolute atomic E-state index is 0.527. The van der Waals surface area contributed by atoms with Crippen LogP contribution in [0, 0.1) is 0 Å². The molecule has 7 nitrogen and oxygen atoms in total. The molecular formula is C19H17BrN4O3S. The van der Waals surface area contributed by atoms with Crippen molar-refractivity contribution in [2.24, 2.45) is 5.10 Å². The van der Waals surface area contributed by atoms with E-state index in [1.807, 2.05) is 36.4 Å². The Bertz CT molecular complexity index is 1040. The van der Waals surface area contributed by atoms with Crippen LogP contribution in [-0.4, -0.2) is 47.7 Å². The van der Waals surface area contributed by atoms with E-state index in [-0.39, 0.29) is 0 Å². The molecule has 0 aliphatic carbocycles. The zero-order chi connectivity index (χ0) is 19.7. The predicted molar refractivity (Wildman–Crippen MR) is 112 cm³/mol.